The number of hydrogen-bond acceptors (Lipinski definition) is 4. The summed E-state index contributed by atoms with van der Waals surface area (Å²) < 4.78 is 53.0. The first kappa shape index (κ1) is 15.9. The van der Waals surface area contributed by atoms with Crippen LogP contribution < -0.4 is 4.31 Å². The second kappa shape index (κ2) is 5.55. The number of anilines is 1. The molecule has 0 amide bonds. The van der Waals surface area contributed by atoms with Crippen molar-refractivity contribution in [2.45, 2.75) is 38.1 Å². The van der Waals surface area contributed by atoms with Crippen LogP contribution >= 0.6 is 0 Å². The van der Waals surface area contributed by atoms with Crippen molar-refractivity contribution in [2.75, 3.05) is 10.8 Å². The standard InChI is InChI=1S/C14H16F2N4O2S/c1-9-6-12-11(17-7-9)4-3-5-20(12)23(21,22)13-8-19(14(15)16)18-10(13)2/h6-8,14H,3-5H2,1-2H3. The van der Waals surface area contributed by atoms with Crippen molar-refractivity contribution in [1.29, 1.82) is 0 Å². The van der Waals surface area contributed by atoms with Gasteiger partial charge in [0.15, 0.2) is 0 Å². The number of alkyl halides is 2. The molecular weight excluding hydrogens is 326 g/mol. The molecule has 0 N–H and O–H groups in total. The highest BCUT2D eigenvalue weighted by Gasteiger charge is 2.33. The van der Waals surface area contributed by atoms with E-state index in [1.807, 2.05) is 6.92 Å². The van der Waals surface area contributed by atoms with Gasteiger partial charge in [0.25, 0.3) is 10.0 Å². The molecule has 0 aromatic carbocycles. The Morgan fingerprint density at radius 3 is 2.70 bits per heavy atom. The molecule has 0 saturated carbocycles. The predicted octanol–water partition coefficient (Wildman–Crippen LogP) is 2.43. The molecule has 6 nitrogen and oxygen atoms in total. The van der Waals surface area contributed by atoms with Crippen molar-refractivity contribution < 1.29 is 17.2 Å². The number of hydrogen-bond donors (Lipinski definition) is 0. The van der Waals surface area contributed by atoms with Crippen molar-refractivity contribution in [3.8, 4) is 0 Å². The van der Waals surface area contributed by atoms with E-state index in [-0.39, 0.29) is 10.6 Å². The van der Waals surface area contributed by atoms with E-state index in [4.69, 9.17) is 0 Å². The Morgan fingerprint density at radius 2 is 2.04 bits per heavy atom. The minimum absolute atomic E-state index is 0.0537. The van der Waals surface area contributed by atoms with Gasteiger partial charge in [0.2, 0.25) is 0 Å². The molecule has 1 aliphatic rings. The van der Waals surface area contributed by atoms with E-state index in [0.29, 0.717) is 35.4 Å². The largest absolute Gasteiger partial charge is 0.333 e. The van der Waals surface area contributed by atoms with Crippen LogP contribution in [0, 0.1) is 13.8 Å². The summed E-state index contributed by atoms with van der Waals surface area (Å²) >= 11 is 0. The molecule has 0 atom stereocenters. The van der Waals surface area contributed by atoms with Crippen LogP contribution in [-0.2, 0) is 16.4 Å². The zero-order chi connectivity index (χ0) is 16.8. The monoisotopic (exact) mass is 342 g/mol. The Bertz CT molecular complexity index is 848. The molecule has 1 aliphatic heterocycles. The second-order valence-electron chi connectivity index (χ2n) is 5.50. The molecule has 23 heavy (non-hydrogen) atoms. The maximum absolute atomic E-state index is 12.9. The molecule has 0 fully saturated rings. The number of fused-ring (bicyclic) bond motifs is 1. The first-order valence-corrected chi connectivity index (χ1v) is 8.57. The Labute approximate surface area is 132 Å². The number of rotatable bonds is 3. The van der Waals surface area contributed by atoms with Gasteiger partial charge in [-0.05, 0) is 38.3 Å². The zero-order valence-corrected chi connectivity index (χ0v) is 13.5. The quantitative estimate of drug-likeness (QED) is 0.859. The minimum Gasteiger partial charge on any atom is -0.264 e. The van der Waals surface area contributed by atoms with E-state index in [1.54, 1.807) is 12.3 Å². The SMILES string of the molecule is Cc1cnc2c(c1)N(S(=O)(=O)c1cn(C(F)F)nc1C)CCC2. The number of nitrogens with zero attached hydrogens (tertiary/aromatic N) is 4. The summed E-state index contributed by atoms with van der Waals surface area (Å²) in [6, 6.07) is 1.76. The molecule has 2 aromatic rings. The van der Waals surface area contributed by atoms with Gasteiger partial charge in [-0.1, -0.05) is 0 Å². The van der Waals surface area contributed by atoms with Gasteiger partial charge in [-0.2, -0.15) is 13.9 Å². The highest BCUT2D eigenvalue weighted by Crippen LogP contribution is 2.32. The third-order valence-electron chi connectivity index (χ3n) is 3.77. The molecule has 124 valence electrons. The van der Waals surface area contributed by atoms with Crippen LogP contribution in [0.5, 0.6) is 0 Å². The van der Waals surface area contributed by atoms with Crippen molar-refractivity contribution in [1.82, 2.24) is 14.8 Å². The molecule has 0 bridgehead atoms. The minimum atomic E-state index is -3.96. The van der Waals surface area contributed by atoms with Gasteiger partial charge in [-0.3, -0.25) is 9.29 Å². The fraction of sp³-hybridized carbons (Fsp3) is 0.429. The van der Waals surface area contributed by atoms with Gasteiger partial charge in [-0.25, -0.2) is 13.1 Å². The van der Waals surface area contributed by atoms with Gasteiger partial charge in [0.1, 0.15) is 4.90 Å². The molecule has 9 heteroatoms. The third kappa shape index (κ3) is 2.69. The summed E-state index contributed by atoms with van der Waals surface area (Å²) in [7, 11) is -3.96. The Kier molecular flexibility index (Phi) is 3.83. The zero-order valence-electron chi connectivity index (χ0n) is 12.7. The van der Waals surface area contributed by atoms with Gasteiger partial charge in [-0.15, -0.1) is 0 Å². The molecule has 0 radical (unpaired) electrons. The average Bonchev–Trinajstić information content (AvgIpc) is 2.89. The lowest BCUT2D eigenvalue weighted by Crippen LogP contribution is -2.36. The summed E-state index contributed by atoms with van der Waals surface area (Å²) in [5.74, 6) is 0. The normalized spacial score (nSPS) is 15.1. The van der Waals surface area contributed by atoms with Crippen LogP contribution in [-0.4, -0.2) is 29.7 Å². The van der Waals surface area contributed by atoms with Gasteiger partial charge >= 0.3 is 6.55 Å². The fourth-order valence-corrected chi connectivity index (χ4v) is 4.37. The molecular formula is C14H16F2N4O2S. The molecule has 0 saturated heterocycles. The Balaban J connectivity index is 2.10. The highest BCUT2D eigenvalue weighted by molar-refractivity contribution is 7.92. The van der Waals surface area contributed by atoms with Crippen LogP contribution in [0.3, 0.4) is 0 Å². The second-order valence-corrected chi connectivity index (χ2v) is 7.33. The lowest BCUT2D eigenvalue weighted by atomic mass is 10.1. The molecule has 0 aliphatic carbocycles. The summed E-state index contributed by atoms with van der Waals surface area (Å²) in [5, 5.41) is 3.59. The van der Waals surface area contributed by atoms with Crippen LogP contribution in [0.1, 0.15) is 29.9 Å². The van der Waals surface area contributed by atoms with Gasteiger partial charge < -0.3 is 0 Å². The van der Waals surface area contributed by atoms with Crippen molar-refractivity contribution in [3.63, 3.8) is 0 Å². The fourth-order valence-electron chi connectivity index (χ4n) is 2.69. The topological polar surface area (TPSA) is 68.1 Å². The summed E-state index contributed by atoms with van der Waals surface area (Å²) in [6.07, 6.45) is 3.89. The number of pyridine rings is 1. The first-order valence-electron chi connectivity index (χ1n) is 7.13. The van der Waals surface area contributed by atoms with E-state index in [0.717, 1.165) is 11.8 Å². The predicted molar refractivity (Wildman–Crippen MR) is 80.0 cm³/mol. The van der Waals surface area contributed by atoms with Crippen molar-refractivity contribution in [2.24, 2.45) is 0 Å². The van der Waals surface area contributed by atoms with E-state index in [9.17, 15) is 17.2 Å². The third-order valence-corrected chi connectivity index (χ3v) is 5.68. The molecule has 3 heterocycles. The van der Waals surface area contributed by atoms with Gasteiger partial charge in [0, 0.05) is 12.7 Å². The smallest absolute Gasteiger partial charge is 0.264 e. The van der Waals surface area contributed by atoms with Gasteiger partial charge in [0.05, 0.1) is 23.3 Å². The number of halogens is 2. The maximum Gasteiger partial charge on any atom is 0.333 e. The molecule has 3 rings (SSSR count). The highest BCUT2D eigenvalue weighted by atomic mass is 32.2. The number of aryl methyl sites for hydroxylation is 3. The van der Waals surface area contributed by atoms with Crippen LogP contribution in [0.2, 0.25) is 0 Å². The number of aromatic nitrogens is 3. The first-order chi connectivity index (χ1) is 10.8. The van der Waals surface area contributed by atoms with Crippen molar-refractivity contribution >= 4 is 15.7 Å². The van der Waals surface area contributed by atoms with E-state index >= 15 is 0 Å². The summed E-state index contributed by atoms with van der Waals surface area (Å²) in [4.78, 5) is 4.08. The maximum atomic E-state index is 12.9. The van der Waals surface area contributed by atoms with E-state index in [1.165, 1.54) is 11.2 Å². The Hall–Kier alpha value is -2.03. The average molecular weight is 342 g/mol. The van der Waals surface area contributed by atoms with Crippen molar-refractivity contribution in [3.05, 3.63) is 35.4 Å². The number of sulfonamides is 1. The molecule has 0 unspecified atom stereocenters. The lowest BCUT2D eigenvalue weighted by Gasteiger charge is -2.29. The van der Waals surface area contributed by atoms with E-state index in [2.05, 4.69) is 10.1 Å². The van der Waals surface area contributed by atoms with Crippen LogP contribution in [0.4, 0.5) is 14.5 Å². The van der Waals surface area contributed by atoms with Crippen LogP contribution in [0.25, 0.3) is 0 Å². The Morgan fingerprint density at radius 1 is 1.30 bits per heavy atom. The summed E-state index contributed by atoms with van der Waals surface area (Å²) in [5.41, 5.74) is 2.11. The molecule has 0 spiro atoms. The van der Waals surface area contributed by atoms with Crippen LogP contribution in [0.15, 0.2) is 23.4 Å². The lowest BCUT2D eigenvalue weighted by molar-refractivity contribution is 0.0561. The van der Waals surface area contributed by atoms with E-state index < -0.39 is 16.6 Å². The summed E-state index contributed by atoms with van der Waals surface area (Å²) in [6.45, 7) is 0.646. The molecule has 2 aromatic heterocycles.